The molecule has 0 saturated carbocycles. The number of nitrogens with zero attached hydrogens (tertiary/aromatic N) is 1. The number of carbonyl (C=O) groups excluding carboxylic acids is 2. The summed E-state index contributed by atoms with van der Waals surface area (Å²) in [6, 6.07) is 11.3. The molecule has 0 atom stereocenters. The third kappa shape index (κ3) is 4.90. The zero-order valence-corrected chi connectivity index (χ0v) is 18.9. The fraction of sp³-hybridized carbons (Fsp3) is 0.400. The van der Waals surface area contributed by atoms with Crippen LogP contribution >= 0.6 is 11.5 Å². The van der Waals surface area contributed by atoms with E-state index in [2.05, 4.69) is 9.69 Å². The smallest absolute Gasteiger partial charge is 0.224 e. The lowest BCUT2D eigenvalue weighted by atomic mass is 9.86. The van der Waals surface area contributed by atoms with E-state index in [1.54, 1.807) is 6.07 Å². The number of benzene rings is 2. The number of ether oxygens (including phenoxy) is 1. The van der Waals surface area contributed by atoms with Gasteiger partial charge in [-0.3, -0.25) is 9.59 Å². The fourth-order valence-electron chi connectivity index (χ4n) is 4.17. The van der Waals surface area contributed by atoms with Crippen LogP contribution in [-0.4, -0.2) is 41.0 Å². The Morgan fingerprint density at radius 2 is 1.72 bits per heavy atom. The fourth-order valence-corrected chi connectivity index (χ4v) is 4.99. The molecule has 4 rings (SSSR count). The number of rotatable bonds is 12. The van der Waals surface area contributed by atoms with Crippen LogP contribution in [0.3, 0.4) is 0 Å². The first-order valence-electron chi connectivity index (χ1n) is 11.3. The highest BCUT2D eigenvalue weighted by Gasteiger charge is 2.29. The highest BCUT2D eigenvalue weighted by Crippen LogP contribution is 2.42. The summed E-state index contributed by atoms with van der Waals surface area (Å²) in [6.45, 7) is 1.18. The molecule has 3 aromatic rings. The molecule has 0 saturated heterocycles. The van der Waals surface area contributed by atoms with E-state index in [-0.39, 0.29) is 18.3 Å². The maximum atomic E-state index is 13.2. The molecule has 2 N–H and O–H groups in total. The van der Waals surface area contributed by atoms with Crippen LogP contribution in [-0.2, 0) is 9.53 Å². The molecule has 168 valence electrons. The van der Waals surface area contributed by atoms with E-state index in [1.165, 1.54) is 11.5 Å². The van der Waals surface area contributed by atoms with Gasteiger partial charge in [0.15, 0.2) is 5.78 Å². The zero-order valence-electron chi connectivity index (χ0n) is 18.1. The van der Waals surface area contributed by atoms with Crippen molar-refractivity contribution in [1.82, 2.24) is 4.37 Å². The minimum absolute atomic E-state index is 0.0582. The molecule has 0 spiro atoms. The van der Waals surface area contributed by atoms with Crippen molar-refractivity contribution in [2.75, 3.05) is 25.1 Å². The van der Waals surface area contributed by atoms with Gasteiger partial charge in [0.1, 0.15) is 0 Å². The van der Waals surface area contributed by atoms with Crippen molar-refractivity contribution in [2.45, 2.75) is 44.9 Å². The molecule has 0 radical (unpaired) electrons. The lowest BCUT2D eigenvalue weighted by Crippen LogP contribution is -2.17. The van der Waals surface area contributed by atoms with Crippen LogP contribution in [0.1, 0.15) is 60.9 Å². The lowest BCUT2D eigenvalue weighted by Gasteiger charge is -2.18. The van der Waals surface area contributed by atoms with E-state index in [0.717, 1.165) is 59.9 Å². The van der Waals surface area contributed by atoms with Crippen LogP contribution in [0.4, 0.5) is 5.69 Å². The maximum Gasteiger partial charge on any atom is 0.224 e. The number of hydrogen-bond donors (Lipinski definition) is 2. The summed E-state index contributed by atoms with van der Waals surface area (Å²) < 4.78 is 10.8. The van der Waals surface area contributed by atoms with E-state index in [1.807, 2.05) is 30.3 Å². The minimum atomic E-state index is -0.0640. The van der Waals surface area contributed by atoms with Gasteiger partial charge in [-0.2, -0.15) is 4.37 Å². The minimum Gasteiger partial charge on any atom is -0.394 e. The molecule has 7 heteroatoms. The number of hydrogen-bond acceptors (Lipinski definition) is 6. The van der Waals surface area contributed by atoms with Gasteiger partial charge in [-0.15, -0.1) is 0 Å². The molecule has 0 unspecified atom stereocenters. The molecule has 1 heterocycles. The molecule has 1 amide bonds. The topological polar surface area (TPSA) is 88.5 Å². The zero-order chi connectivity index (χ0) is 22.3. The summed E-state index contributed by atoms with van der Waals surface area (Å²) in [4.78, 5) is 25.8. The predicted molar refractivity (Wildman–Crippen MR) is 127 cm³/mol. The van der Waals surface area contributed by atoms with Crippen molar-refractivity contribution in [1.29, 1.82) is 0 Å². The number of amides is 1. The molecule has 6 nitrogen and oxygen atoms in total. The number of aromatic nitrogens is 1. The molecule has 0 bridgehead atoms. The number of carbonyl (C=O) groups is 2. The third-order valence-corrected chi connectivity index (χ3v) is 6.55. The molecule has 1 aliphatic rings. The largest absolute Gasteiger partial charge is 0.394 e. The van der Waals surface area contributed by atoms with E-state index < -0.39 is 0 Å². The number of ketones is 1. The van der Waals surface area contributed by atoms with Gasteiger partial charge in [-0.1, -0.05) is 49.9 Å². The van der Waals surface area contributed by atoms with Crippen LogP contribution in [0.2, 0.25) is 0 Å². The second-order valence-electron chi connectivity index (χ2n) is 8.02. The average Bonchev–Trinajstić information content (AvgIpc) is 3.24. The first kappa shape index (κ1) is 22.6. The molecular weight excluding hydrogens is 424 g/mol. The summed E-state index contributed by atoms with van der Waals surface area (Å²) in [5, 5.41) is 12.5. The molecule has 32 heavy (non-hydrogen) atoms. The maximum absolute atomic E-state index is 13.2. The standard InChI is InChI=1S/C25H28N2O4S/c28-14-16-31-15-6-4-2-1-3-5-13-21(29)26-19-11-7-9-17-22(19)25(30)18-10-8-12-20-23(18)24(17)27-32-20/h7-12,28H,1-6,13-16H2,(H,26,29). The van der Waals surface area contributed by atoms with Crippen molar-refractivity contribution in [3.05, 3.63) is 47.5 Å². The first-order valence-corrected chi connectivity index (χ1v) is 12.0. The van der Waals surface area contributed by atoms with Gasteiger partial charge < -0.3 is 15.2 Å². The number of anilines is 1. The summed E-state index contributed by atoms with van der Waals surface area (Å²) in [7, 11) is 0. The lowest BCUT2D eigenvalue weighted by molar-refractivity contribution is -0.116. The number of aliphatic hydroxyl groups excluding tert-OH is 1. The Morgan fingerprint density at radius 3 is 2.56 bits per heavy atom. The Kier molecular flexibility index (Phi) is 7.63. The van der Waals surface area contributed by atoms with Gasteiger partial charge in [-0.25, -0.2) is 0 Å². The highest BCUT2D eigenvalue weighted by atomic mass is 32.1. The SMILES string of the molecule is O=C(CCCCCCCCOCCO)Nc1cccc2c1C(=O)c1cccc3snc-2c13. The van der Waals surface area contributed by atoms with E-state index >= 15 is 0 Å². The van der Waals surface area contributed by atoms with Gasteiger partial charge >= 0.3 is 0 Å². The number of aliphatic hydroxyl groups is 1. The number of unbranched alkanes of at least 4 members (excludes halogenated alkanes) is 5. The van der Waals surface area contributed by atoms with Crippen molar-refractivity contribution >= 4 is 39.0 Å². The summed E-state index contributed by atoms with van der Waals surface area (Å²) in [5.41, 5.74) is 3.38. The average molecular weight is 453 g/mol. The second-order valence-corrected chi connectivity index (χ2v) is 8.83. The summed E-state index contributed by atoms with van der Waals surface area (Å²) in [5.74, 6) is -0.122. The van der Waals surface area contributed by atoms with Crippen LogP contribution in [0.5, 0.6) is 0 Å². The molecular formula is C25H28N2O4S. The Morgan fingerprint density at radius 1 is 0.969 bits per heavy atom. The van der Waals surface area contributed by atoms with E-state index in [0.29, 0.717) is 36.4 Å². The Hall–Kier alpha value is -2.61. The van der Waals surface area contributed by atoms with Gasteiger partial charge in [0, 0.05) is 29.5 Å². The Balaban J connectivity index is 1.30. The molecule has 0 fully saturated rings. The van der Waals surface area contributed by atoms with E-state index in [4.69, 9.17) is 9.84 Å². The monoisotopic (exact) mass is 452 g/mol. The Labute approximate surface area is 191 Å². The third-order valence-electron chi connectivity index (χ3n) is 5.74. The van der Waals surface area contributed by atoms with Gasteiger partial charge in [-0.05, 0) is 36.5 Å². The van der Waals surface area contributed by atoms with Crippen LogP contribution in [0, 0.1) is 0 Å². The second kappa shape index (κ2) is 10.8. The Bertz CT molecular complexity index is 1110. The molecule has 1 aliphatic carbocycles. The molecule has 2 aromatic carbocycles. The van der Waals surface area contributed by atoms with E-state index in [9.17, 15) is 9.59 Å². The van der Waals surface area contributed by atoms with Crippen LogP contribution in [0.15, 0.2) is 36.4 Å². The predicted octanol–water partition coefficient (Wildman–Crippen LogP) is 5.19. The quantitative estimate of drug-likeness (QED) is 0.289. The number of nitrogens with one attached hydrogen (secondary N) is 1. The summed E-state index contributed by atoms with van der Waals surface area (Å²) in [6.07, 6.45) is 6.57. The molecule has 1 aromatic heterocycles. The normalized spacial score (nSPS) is 12.2. The van der Waals surface area contributed by atoms with Crippen molar-refractivity contribution in [3.63, 3.8) is 0 Å². The first-order chi connectivity index (χ1) is 15.7. The van der Waals surface area contributed by atoms with Gasteiger partial charge in [0.2, 0.25) is 5.91 Å². The van der Waals surface area contributed by atoms with Gasteiger partial charge in [0.25, 0.3) is 0 Å². The van der Waals surface area contributed by atoms with Crippen molar-refractivity contribution < 1.29 is 19.4 Å². The molecule has 0 aliphatic heterocycles. The van der Waals surface area contributed by atoms with Gasteiger partial charge in [0.05, 0.1) is 34.9 Å². The number of fused-ring (bicyclic) bond motifs is 2. The van der Waals surface area contributed by atoms with Crippen LogP contribution in [0.25, 0.3) is 21.3 Å². The van der Waals surface area contributed by atoms with Crippen LogP contribution < -0.4 is 5.32 Å². The van der Waals surface area contributed by atoms with Crippen molar-refractivity contribution in [2.24, 2.45) is 0 Å². The highest BCUT2D eigenvalue weighted by molar-refractivity contribution is 7.13. The summed E-state index contributed by atoms with van der Waals surface area (Å²) >= 11 is 1.40. The van der Waals surface area contributed by atoms with Crippen molar-refractivity contribution in [3.8, 4) is 11.3 Å².